The van der Waals surface area contributed by atoms with Crippen LogP contribution in [0.3, 0.4) is 0 Å². The minimum Gasteiger partial charge on any atom is -0.208 e. The second-order valence-corrected chi connectivity index (χ2v) is 4.37. The van der Waals surface area contributed by atoms with E-state index >= 15 is 0 Å². The van der Waals surface area contributed by atoms with Crippen LogP contribution in [0, 0.1) is 11.8 Å². The van der Waals surface area contributed by atoms with Crippen LogP contribution in [0.2, 0.25) is 0 Å². The van der Waals surface area contributed by atoms with Crippen LogP contribution in [0.25, 0.3) is 0 Å². The van der Waals surface area contributed by atoms with Crippen molar-refractivity contribution in [2.24, 2.45) is 0 Å². The first kappa shape index (κ1) is 11.2. The molecule has 0 radical (unpaired) electrons. The third kappa shape index (κ3) is 1.84. The highest BCUT2D eigenvalue weighted by Crippen LogP contribution is 2.26. The van der Waals surface area contributed by atoms with E-state index in [1.54, 1.807) is 12.1 Å². The molecule has 86 valence electrons. The van der Waals surface area contributed by atoms with Crippen LogP contribution in [0.15, 0.2) is 18.2 Å². The minimum atomic E-state index is 0.535. The quantitative estimate of drug-likeness (QED) is 0.663. The van der Waals surface area contributed by atoms with Crippen molar-refractivity contribution < 1.29 is 4.98 Å². The number of aryl methyl sites for hydroxylation is 1. The van der Waals surface area contributed by atoms with Crippen LogP contribution in [0.4, 0.5) is 5.69 Å². The maximum absolute atomic E-state index is 11.3. The number of benzene rings is 1. The predicted octanol–water partition coefficient (Wildman–Crippen LogP) is 1.71. The molecule has 5 nitrogen and oxygen atoms in total. The average molecular weight is 286 g/mol. The van der Waals surface area contributed by atoms with E-state index in [2.05, 4.69) is 34.5 Å². The van der Waals surface area contributed by atoms with Crippen molar-refractivity contribution in [3.63, 3.8) is 0 Å². The van der Waals surface area contributed by atoms with E-state index in [0.717, 1.165) is 16.0 Å². The zero-order valence-electron chi connectivity index (χ0n) is 9.27. The van der Waals surface area contributed by atoms with Gasteiger partial charge in [-0.2, -0.15) is 0 Å². The summed E-state index contributed by atoms with van der Waals surface area (Å²) in [7, 11) is 1.74. The first-order chi connectivity index (χ1) is 7.63. The van der Waals surface area contributed by atoms with E-state index in [1.807, 2.05) is 17.1 Å². The molecule has 0 atom stereocenters. The van der Waals surface area contributed by atoms with E-state index in [0.29, 0.717) is 6.67 Å². The van der Waals surface area contributed by atoms with E-state index in [1.165, 1.54) is 11.1 Å². The molecular formula is C10H14BrN4O+. The second kappa shape index (κ2) is 4.29. The summed E-state index contributed by atoms with van der Waals surface area (Å²) in [5.74, 6) is 0. The van der Waals surface area contributed by atoms with Crippen molar-refractivity contribution in [1.29, 1.82) is 0 Å². The zero-order valence-corrected chi connectivity index (χ0v) is 10.9. The molecule has 2 rings (SSSR count). The molecule has 16 heavy (non-hydrogen) atoms. The fraction of sp³-hybridized carbons (Fsp3) is 0.400. The third-order valence-corrected chi connectivity index (χ3v) is 3.23. The number of hydrogen-bond acceptors (Lipinski definition) is 2. The van der Waals surface area contributed by atoms with Gasteiger partial charge in [-0.15, -0.1) is 0 Å². The average Bonchev–Trinajstić information content (AvgIpc) is 2.59. The Labute approximate surface area is 103 Å². The number of nitrogens with zero attached hydrogens (tertiary/aromatic N) is 3. The van der Waals surface area contributed by atoms with Crippen molar-refractivity contribution >= 4 is 21.6 Å². The number of nitrogens with one attached hydrogen (secondary N) is 1. The van der Waals surface area contributed by atoms with Gasteiger partial charge in [-0.05, 0) is 29.7 Å². The highest BCUT2D eigenvalue weighted by atomic mass is 79.9. The predicted molar refractivity (Wildman–Crippen MR) is 65.7 cm³/mol. The lowest BCUT2D eigenvalue weighted by atomic mass is 10.1. The Balaban J connectivity index is 2.34. The van der Waals surface area contributed by atoms with Gasteiger partial charge in [0, 0.05) is 5.33 Å². The number of hydrogen-bond donors (Lipinski definition) is 1. The van der Waals surface area contributed by atoms with Gasteiger partial charge >= 0.3 is 0 Å². The topological polar surface area (TPSA) is 38.6 Å². The van der Waals surface area contributed by atoms with E-state index in [4.69, 9.17) is 0 Å². The van der Waals surface area contributed by atoms with Gasteiger partial charge in [-0.3, -0.25) is 0 Å². The highest BCUT2D eigenvalue weighted by Gasteiger charge is 2.32. The van der Waals surface area contributed by atoms with Gasteiger partial charge in [-0.25, -0.2) is 5.01 Å². The van der Waals surface area contributed by atoms with E-state index < -0.39 is 0 Å². The molecule has 0 spiro atoms. The zero-order chi connectivity index (χ0) is 11.7. The lowest BCUT2D eigenvalue weighted by Gasteiger charge is -2.16. The number of anilines is 1. The van der Waals surface area contributed by atoms with Crippen molar-refractivity contribution in [2.75, 3.05) is 18.7 Å². The van der Waals surface area contributed by atoms with Crippen molar-refractivity contribution in [2.45, 2.75) is 12.3 Å². The lowest BCUT2D eigenvalue weighted by Crippen LogP contribution is -2.34. The second-order valence-electron chi connectivity index (χ2n) is 3.81. The monoisotopic (exact) mass is 285 g/mol. The Morgan fingerprint density at radius 2 is 2.31 bits per heavy atom. The molecule has 0 amide bonds. The third-order valence-electron chi connectivity index (χ3n) is 2.67. The maximum Gasteiger partial charge on any atom is 0.270 e. The van der Waals surface area contributed by atoms with Crippen LogP contribution in [0.1, 0.15) is 11.1 Å². The molecule has 0 unspecified atom stereocenters. The summed E-state index contributed by atoms with van der Waals surface area (Å²) in [5.41, 5.74) is 6.17. The van der Waals surface area contributed by atoms with Crippen LogP contribution < -0.4 is 10.5 Å². The van der Waals surface area contributed by atoms with Crippen LogP contribution in [-0.4, -0.2) is 23.7 Å². The van der Waals surface area contributed by atoms with Gasteiger partial charge in [0.25, 0.3) is 4.98 Å². The first-order valence-electron chi connectivity index (χ1n) is 5.00. The number of alkyl halides is 1. The molecule has 6 heteroatoms. The van der Waals surface area contributed by atoms with Crippen molar-refractivity contribution in [3.05, 3.63) is 34.2 Å². The summed E-state index contributed by atoms with van der Waals surface area (Å²) >= 11 is 3.48. The van der Waals surface area contributed by atoms with Crippen LogP contribution in [0.5, 0.6) is 0 Å². The lowest BCUT2D eigenvalue weighted by molar-refractivity contribution is -0.724. The normalized spacial score (nSPS) is 15.6. The molecular weight excluding hydrogens is 272 g/mol. The van der Waals surface area contributed by atoms with Gasteiger partial charge in [0.2, 0.25) is 0 Å². The Kier molecular flexibility index (Phi) is 3.00. The molecule has 1 saturated heterocycles. The van der Waals surface area contributed by atoms with E-state index in [9.17, 15) is 4.91 Å². The fourth-order valence-corrected chi connectivity index (χ4v) is 2.45. The van der Waals surface area contributed by atoms with Crippen LogP contribution >= 0.6 is 15.9 Å². The van der Waals surface area contributed by atoms with Gasteiger partial charge < -0.3 is 0 Å². The number of hydrazine groups is 3. The largest absolute Gasteiger partial charge is 0.270 e. The Morgan fingerprint density at radius 1 is 1.56 bits per heavy atom. The molecule has 0 aliphatic carbocycles. The molecule has 1 aromatic carbocycles. The fourth-order valence-electron chi connectivity index (χ4n) is 1.72. The summed E-state index contributed by atoms with van der Waals surface area (Å²) in [6, 6.07) is 6.06. The SMILES string of the molecule is Cc1cccc(N2CN(C)[N+](=O)N2)c1CBr. The first-order valence-corrected chi connectivity index (χ1v) is 6.12. The van der Waals surface area contributed by atoms with E-state index in [-0.39, 0.29) is 0 Å². The summed E-state index contributed by atoms with van der Waals surface area (Å²) in [6.45, 7) is 2.60. The number of halogens is 1. The Bertz CT molecular complexity index is 423. The van der Waals surface area contributed by atoms with Crippen molar-refractivity contribution in [3.8, 4) is 0 Å². The minimum absolute atomic E-state index is 0.535. The molecule has 1 aliphatic rings. The standard InChI is InChI=1S/C10H14BrN4O/c1-8-4-3-5-10(9(8)6-11)14-7-13(2)15(16)12-14/h3-5H,6-7H2,1-2H3,(H,12,16)/q+1. The smallest absolute Gasteiger partial charge is 0.208 e. The van der Waals surface area contributed by atoms with Crippen molar-refractivity contribution in [1.82, 2.24) is 10.5 Å². The van der Waals surface area contributed by atoms with Crippen LogP contribution in [-0.2, 0) is 5.33 Å². The molecule has 1 N–H and O–H groups in total. The maximum atomic E-state index is 11.3. The molecule has 1 fully saturated rings. The molecule has 0 aromatic heterocycles. The molecule has 0 bridgehead atoms. The van der Waals surface area contributed by atoms with Gasteiger partial charge in [0.15, 0.2) is 6.67 Å². The van der Waals surface area contributed by atoms with Gasteiger partial charge in [0.05, 0.1) is 17.6 Å². The van der Waals surface area contributed by atoms with Gasteiger partial charge in [0.1, 0.15) is 0 Å². The molecule has 1 aromatic rings. The number of rotatable bonds is 2. The summed E-state index contributed by atoms with van der Waals surface area (Å²) in [4.78, 5) is 12.0. The molecule has 0 saturated carbocycles. The Hall–Kier alpha value is -1.30. The van der Waals surface area contributed by atoms with Gasteiger partial charge in [-0.1, -0.05) is 33.1 Å². The highest BCUT2D eigenvalue weighted by molar-refractivity contribution is 9.08. The summed E-state index contributed by atoms with van der Waals surface area (Å²) < 4.78 is 0. The number of nitroso groups, excluding NO2 is 1. The molecule has 1 aliphatic heterocycles. The summed E-state index contributed by atoms with van der Waals surface area (Å²) in [5, 5.41) is 4.16. The summed E-state index contributed by atoms with van der Waals surface area (Å²) in [6.07, 6.45) is 0. The molecule has 1 heterocycles. The Morgan fingerprint density at radius 3 is 2.88 bits per heavy atom.